The van der Waals surface area contributed by atoms with Crippen molar-refractivity contribution in [2.45, 2.75) is 0 Å². The number of hydrogen-bond donors (Lipinski definition) is 0. The Hall–Kier alpha value is -13.3. The lowest BCUT2D eigenvalue weighted by Gasteiger charge is -2.11. The van der Waals surface area contributed by atoms with Gasteiger partial charge in [-0.25, -0.2) is 9.97 Å². The highest BCUT2D eigenvalue weighted by Crippen LogP contribution is 2.47. The minimum atomic E-state index is -0.679. The Labute approximate surface area is 624 Å². The van der Waals surface area contributed by atoms with Gasteiger partial charge in [0.2, 0.25) is 11.9 Å². The molecule has 0 saturated heterocycles. The standard InChI is InChI=1S/2C45H26N4OS/c2*1-3-12-27(13-4-1)30-18-11-20-36-40(30)32-23-22-29(26-37(32)50-36)44-46-43(28-14-5-2-6-15-28)47-45(48-44)49-34-19-9-7-16-31(34)41-35(49)24-25-39-42(41)33-17-8-10-21-38(33)51-39/h2*1-26H/i2D,5D,6D,7D,8D,9D,10D,14D,15D,16D,17D,19D,21D,24D,25D;7D,8D,9D,10D,16D,17D,19D,21D,24D,25D. The van der Waals surface area contributed by atoms with E-state index in [2.05, 4.69) is 16.0 Å². The fourth-order valence-corrected chi connectivity index (χ4v) is 15.6. The second-order valence-corrected chi connectivity index (χ2v) is 25.8. The molecule has 0 unspecified atom stereocenters. The number of hydrogen-bond acceptors (Lipinski definition) is 10. The van der Waals surface area contributed by atoms with Crippen LogP contribution in [0.25, 0.3) is 208 Å². The highest BCUT2D eigenvalue weighted by Gasteiger charge is 2.25. The summed E-state index contributed by atoms with van der Waals surface area (Å²) >= 11 is 1.80. The van der Waals surface area contributed by atoms with E-state index in [4.69, 9.17) is 52.1 Å². The van der Waals surface area contributed by atoms with Crippen molar-refractivity contribution in [2.24, 2.45) is 0 Å². The lowest BCUT2D eigenvalue weighted by atomic mass is 9.99. The molecule has 0 aliphatic carbocycles. The molecule has 0 bridgehead atoms. The zero-order valence-corrected chi connectivity index (χ0v) is 53.9. The Morgan fingerprint density at radius 3 is 1.13 bits per heavy atom. The molecule has 0 N–H and O–H groups in total. The lowest BCUT2D eigenvalue weighted by Crippen LogP contribution is -2.06. The smallest absolute Gasteiger partial charge is 0.238 e. The molecule has 8 aromatic heterocycles. The molecule has 12 heteroatoms. The van der Waals surface area contributed by atoms with Crippen LogP contribution in [0.3, 0.4) is 0 Å². The van der Waals surface area contributed by atoms with Crippen LogP contribution in [0.4, 0.5) is 0 Å². The molecule has 0 atom stereocenters. The van der Waals surface area contributed by atoms with Crippen molar-refractivity contribution >= 4 is 151 Å². The minimum absolute atomic E-state index is 0.00671. The number of rotatable bonds is 8. The van der Waals surface area contributed by atoms with E-state index in [9.17, 15) is 11.0 Å². The van der Waals surface area contributed by atoms with E-state index in [1.807, 2.05) is 146 Å². The Balaban J connectivity index is 0.000000155. The topological polar surface area (TPSA) is 113 Å². The van der Waals surface area contributed by atoms with Crippen LogP contribution >= 0.6 is 22.7 Å². The summed E-state index contributed by atoms with van der Waals surface area (Å²) in [7, 11) is 0. The van der Waals surface area contributed by atoms with Crippen LogP contribution in [0.15, 0.2) is 324 Å². The third kappa shape index (κ3) is 9.24. The van der Waals surface area contributed by atoms with Crippen LogP contribution in [0.1, 0.15) is 34.3 Å². The number of nitrogens with zero attached hydrogens (tertiary/aromatic N) is 8. The fraction of sp³-hybridized carbons (Fsp3) is 0. The van der Waals surface area contributed by atoms with Crippen molar-refractivity contribution in [3.05, 3.63) is 315 Å². The van der Waals surface area contributed by atoms with Gasteiger partial charge < -0.3 is 8.83 Å². The first-order valence-electron chi connectivity index (χ1n) is 44.4. The van der Waals surface area contributed by atoms with Gasteiger partial charge in [-0.1, -0.05) is 230 Å². The van der Waals surface area contributed by atoms with Gasteiger partial charge in [-0.05, 0) is 107 Å². The molecular formula is C90H52N8O2S2. The van der Waals surface area contributed by atoms with Crippen LogP contribution in [0.2, 0.25) is 0 Å². The Kier molecular flexibility index (Phi) is 8.68. The molecule has 0 amide bonds. The van der Waals surface area contributed by atoms with E-state index in [-0.39, 0.29) is 138 Å². The average Bonchev–Trinajstić information content (AvgIpc) is 1.52. The van der Waals surface area contributed by atoms with Crippen LogP contribution in [0.5, 0.6) is 0 Å². The predicted octanol–water partition coefficient (Wildman–Crippen LogP) is 24.5. The monoisotopic (exact) mass is 1370 g/mol. The summed E-state index contributed by atoms with van der Waals surface area (Å²) in [5, 5.41) is 3.64. The van der Waals surface area contributed by atoms with Crippen molar-refractivity contribution in [2.75, 3.05) is 0 Å². The first kappa shape index (κ1) is 38.2. The van der Waals surface area contributed by atoms with Crippen molar-refractivity contribution in [1.82, 2.24) is 39.0 Å². The molecule has 14 aromatic carbocycles. The van der Waals surface area contributed by atoms with Gasteiger partial charge in [-0.15, -0.1) is 22.7 Å². The molecule has 10 nitrogen and oxygen atoms in total. The summed E-state index contributed by atoms with van der Waals surface area (Å²) < 4.78 is 238. The van der Waals surface area contributed by atoms with Crippen LogP contribution in [-0.4, -0.2) is 39.0 Å². The number of furan rings is 2. The largest absolute Gasteiger partial charge is 0.456 e. The summed E-state index contributed by atoms with van der Waals surface area (Å²) in [4.78, 5) is 28.9. The summed E-state index contributed by atoms with van der Waals surface area (Å²) in [5.74, 6) is -0.652. The first-order chi connectivity index (χ1) is 60.9. The molecule has 0 aliphatic heterocycles. The highest BCUT2D eigenvalue weighted by atomic mass is 32.1. The summed E-state index contributed by atoms with van der Waals surface area (Å²) in [6, 6.07) is 38.5. The zero-order chi connectivity index (χ0) is 88.7. The van der Waals surface area contributed by atoms with Gasteiger partial charge in [0.1, 0.15) is 22.3 Å². The summed E-state index contributed by atoms with van der Waals surface area (Å²) in [5.41, 5.74) is 6.69. The Morgan fingerprint density at radius 1 is 0.255 bits per heavy atom. The number of para-hydroxylation sites is 2. The molecule has 8 heterocycles. The number of thiophene rings is 2. The van der Waals surface area contributed by atoms with Gasteiger partial charge in [-0.3, -0.25) is 9.13 Å². The number of benzene rings is 14. The van der Waals surface area contributed by atoms with E-state index in [0.29, 0.717) is 39.0 Å². The van der Waals surface area contributed by atoms with Crippen molar-refractivity contribution in [3.63, 3.8) is 0 Å². The maximum Gasteiger partial charge on any atom is 0.238 e. The number of fused-ring (bicyclic) bond motifs is 20. The van der Waals surface area contributed by atoms with E-state index in [1.54, 1.807) is 12.1 Å². The van der Waals surface area contributed by atoms with Crippen LogP contribution < -0.4 is 0 Å². The molecule has 0 radical (unpaired) electrons. The zero-order valence-electron chi connectivity index (χ0n) is 77.3. The summed E-state index contributed by atoms with van der Waals surface area (Å²) in [6.07, 6.45) is 0. The summed E-state index contributed by atoms with van der Waals surface area (Å²) in [6.45, 7) is 0. The van der Waals surface area contributed by atoms with Gasteiger partial charge in [0.05, 0.1) is 56.3 Å². The van der Waals surface area contributed by atoms with Gasteiger partial charge in [0.25, 0.3) is 0 Å². The molecule has 0 fully saturated rings. The quantitative estimate of drug-likeness (QED) is 0.148. The van der Waals surface area contributed by atoms with E-state index >= 15 is 0 Å². The van der Waals surface area contributed by atoms with Gasteiger partial charge in [-0.2, -0.15) is 19.9 Å². The molecule has 0 saturated carbocycles. The Morgan fingerprint density at radius 2 is 0.657 bits per heavy atom. The third-order valence-electron chi connectivity index (χ3n) is 18.0. The second kappa shape index (κ2) is 23.2. The number of aromatic nitrogens is 8. The third-order valence-corrected chi connectivity index (χ3v) is 20.1. The molecule has 22 aromatic rings. The maximum atomic E-state index is 9.51. The average molecular weight is 1370 g/mol. The maximum absolute atomic E-state index is 9.51. The molecular weight excluding hydrogens is 1290 g/mol. The van der Waals surface area contributed by atoms with Crippen LogP contribution in [0, 0.1) is 0 Å². The van der Waals surface area contributed by atoms with E-state index in [0.717, 1.165) is 71.0 Å². The molecule has 0 aliphatic rings. The SMILES string of the molecule is [2H]c1c([2H])c([2H])c(-c2nc(-c3ccc4c(c3)oc3cccc(-c5ccccc5)c34)nc(-n3c4c([2H])c([2H])c([2H])c([2H])c4c4c5c(sc6c([2H])c([2H])c([2H])c([2H])c65)c([2H])c([2H])c43)n2)c([2H])c1[2H].[2H]c1c([2H])c([2H])c2c(sc3c([2H])c([2H])c4c(c5c([2H])c([2H])c([2H])c([2H])c5n4-c4nc(-c5ccccc5)nc(-c5ccc6c(c5)oc5cccc(-c7ccccc7)c56)n4)c32)c1[2H]. The molecule has 476 valence electrons. The Bertz CT molecular complexity index is 8710. The van der Waals surface area contributed by atoms with E-state index in [1.165, 1.54) is 4.57 Å². The molecule has 102 heavy (non-hydrogen) atoms. The first-order valence-corrected chi connectivity index (χ1v) is 33.5. The van der Waals surface area contributed by atoms with Gasteiger partial charge >= 0.3 is 0 Å². The van der Waals surface area contributed by atoms with Crippen LogP contribution in [-0.2, 0) is 0 Å². The molecule has 0 spiro atoms. The predicted molar refractivity (Wildman–Crippen MR) is 421 cm³/mol. The lowest BCUT2D eigenvalue weighted by molar-refractivity contribution is 0.668. The fourth-order valence-electron chi connectivity index (χ4n) is 13.7. The van der Waals surface area contributed by atoms with Crippen molar-refractivity contribution < 1.29 is 43.1 Å². The van der Waals surface area contributed by atoms with Gasteiger partial charge in [0, 0.05) is 106 Å². The van der Waals surface area contributed by atoms with E-state index < -0.39 is 138 Å². The molecule has 22 rings (SSSR count). The van der Waals surface area contributed by atoms with Gasteiger partial charge in [0.15, 0.2) is 23.3 Å². The highest BCUT2D eigenvalue weighted by molar-refractivity contribution is 7.26. The minimum Gasteiger partial charge on any atom is -0.456 e. The normalized spacial score (nSPS) is 15.4. The second-order valence-electron chi connectivity index (χ2n) is 23.7. The van der Waals surface area contributed by atoms with Crippen molar-refractivity contribution in [1.29, 1.82) is 0 Å². The van der Waals surface area contributed by atoms with Crippen molar-refractivity contribution in [3.8, 4) is 79.7 Å².